The van der Waals surface area contributed by atoms with Crippen molar-refractivity contribution in [2.75, 3.05) is 19.1 Å². The summed E-state index contributed by atoms with van der Waals surface area (Å²) in [7, 11) is 1.49. The zero-order valence-electron chi connectivity index (χ0n) is 17.2. The molecule has 1 aliphatic carbocycles. The number of aromatic nitrogens is 1. The number of urea groups is 1. The van der Waals surface area contributed by atoms with Crippen LogP contribution >= 0.6 is 11.6 Å². The number of carbonyl (C=O) groups excluding carboxylic acids is 2. The largest absolute Gasteiger partial charge is 0.457 e. The molecule has 0 bridgehead atoms. The molecule has 2 atom stereocenters. The van der Waals surface area contributed by atoms with Crippen molar-refractivity contribution in [3.63, 3.8) is 0 Å². The number of nitrogens with one attached hydrogen (secondary N) is 2. The zero-order chi connectivity index (χ0) is 23.8. The molecular formula is C19H18ClN9O4. The van der Waals surface area contributed by atoms with E-state index >= 15 is 0 Å². The Kier molecular flexibility index (Phi) is 7.76. The quantitative estimate of drug-likeness (QED) is 0.182. The summed E-state index contributed by atoms with van der Waals surface area (Å²) in [6.07, 6.45) is 3.87. The van der Waals surface area contributed by atoms with Gasteiger partial charge in [-0.3, -0.25) is 9.78 Å². The van der Waals surface area contributed by atoms with Gasteiger partial charge in [-0.2, -0.15) is 0 Å². The molecule has 33 heavy (non-hydrogen) atoms. The second-order valence-electron chi connectivity index (χ2n) is 6.46. The van der Waals surface area contributed by atoms with E-state index in [9.17, 15) is 9.59 Å². The standard InChI is InChI=1S/C19H18ClN9O4/c1-23-19(31)26-14-3-2-10(6-13(14)20)33-16-4-5-24-15-8-17(32-9-25-28-21)12(7-11(15)16)18(30)27-29-22/h2-8,12,17H,9H2,1H3,(H2,22,27,30)(H2,23,26,31). The molecule has 2 aromatic rings. The molecule has 3 amide bonds. The number of amides is 3. The fourth-order valence-electron chi connectivity index (χ4n) is 3.00. The number of benzene rings is 1. The van der Waals surface area contributed by atoms with Crippen LogP contribution in [-0.4, -0.2) is 36.8 Å². The molecule has 1 heterocycles. The molecule has 1 aliphatic rings. The van der Waals surface area contributed by atoms with Crippen molar-refractivity contribution in [2.24, 2.45) is 27.2 Å². The van der Waals surface area contributed by atoms with Crippen molar-refractivity contribution in [1.82, 2.24) is 10.3 Å². The summed E-state index contributed by atoms with van der Waals surface area (Å²) in [5.41, 5.74) is 8.86. The molecule has 2 unspecified atom stereocenters. The maximum absolute atomic E-state index is 12.4. The second-order valence-corrected chi connectivity index (χ2v) is 6.87. The van der Waals surface area contributed by atoms with Crippen molar-refractivity contribution in [3.8, 4) is 11.5 Å². The lowest BCUT2D eigenvalue weighted by atomic mass is 9.95. The lowest BCUT2D eigenvalue weighted by Gasteiger charge is -2.21. The van der Waals surface area contributed by atoms with Crippen LogP contribution < -0.4 is 31.8 Å². The number of ether oxygens (including phenoxy) is 2. The van der Waals surface area contributed by atoms with Crippen molar-refractivity contribution in [3.05, 3.63) is 56.5 Å². The van der Waals surface area contributed by atoms with Gasteiger partial charge in [-0.1, -0.05) is 33.1 Å². The van der Waals surface area contributed by atoms with Crippen LogP contribution in [0.3, 0.4) is 0 Å². The Hall–Kier alpha value is -4.19. The number of pyridine rings is 1. The van der Waals surface area contributed by atoms with Gasteiger partial charge < -0.3 is 25.9 Å². The van der Waals surface area contributed by atoms with Gasteiger partial charge in [-0.05, 0) is 29.8 Å². The smallest absolute Gasteiger partial charge is 0.319 e. The van der Waals surface area contributed by atoms with Gasteiger partial charge in [0.05, 0.1) is 28.1 Å². The van der Waals surface area contributed by atoms with Gasteiger partial charge in [-0.15, -0.1) is 0 Å². The minimum Gasteiger partial charge on any atom is -0.457 e. The van der Waals surface area contributed by atoms with E-state index in [4.69, 9.17) is 32.4 Å². The van der Waals surface area contributed by atoms with Gasteiger partial charge in [0.2, 0.25) is 0 Å². The summed E-state index contributed by atoms with van der Waals surface area (Å²) < 4.78 is 11.4. The summed E-state index contributed by atoms with van der Waals surface area (Å²) in [5.74, 6) is 4.22. The van der Waals surface area contributed by atoms with E-state index < -0.39 is 24.0 Å². The van der Waals surface area contributed by atoms with Crippen LogP contribution in [0.15, 0.2) is 45.9 Å². The highest BCUT2D eigenvalue weighted by Crippen LogP contribution is 2.29. The van der Waals surface area contributed by atoms with E-state index in [1.165, 1.54) is 19.3 Å². The average Bonchev–Trinajstić information content (AvgIpc) is 2.80. The zero-order valence-corrected chi connectivity index (χ0v) is 17.9. The minimum atomic E-state index is -0.909. The Morgan fingerprint density at radius 2 is 2.15 bits per heavy atom. The van der Waals surface area contributed by atoms with E-state index in [0.717, 1.165) is 0 Å². The number of halogens is 1. The Labute approximate surface area is 191 Å². The summed E-state index contributed by atoms with van der Waals surface area (Å²) in [4.78, 5) is 30.8. The highest BCUT2D eigenvalue weighted by atomic mass is 35.5. The number of hydrogen-bond donors (Lipinski definition) is 3. The van der Waals surface area contributed by atoms with Crippen LogP contribution in [0.2, 0.25) is 5.02 Å². The van der Waals surface area contributed by atoms with Gasteiger partial charge in [0.1, 0.15) is 18.2 Å². The molecule has 4 N–H and O–H groups in total. The summed E-state index contributed by atoms with van der Waals surface area (Å²) in [6.45, 7) is -0.296. The highest BCUT2D eigenvalue weighted by molar-refractivity contribution is 6.33. The fraction of sp³-hybridized carbons (Fsp3) is 0.211. The number of anilines is 1. The Balaban J connectivity index is 1.96. The number of rotatable bonds is 7. The molecule has 1 aromatic carbocycles. The summed E-state index contributed by atoms with van der Waals surface area (Å²) in [5, 5.41) is 16.0. The maximum Gasteiger partial charge on any atom is 0.319 e. The maximum atomic E-state index is 12.4. The molecule has 1 aromatic heterocycles. The Morgan fingerprint density at radius 3 is 2.85 bits per heavy atom. The Bertz CT molecular complexity index is 1260. The predicted molar refractivity (Wildman–Crippen MR) is 118 cm³/mol. The molecule has 14 heteroatoms. The van der Waals surface area contributed by atoms with Crippen molar-refractivity contribution < 1.29 is 19.1 Å². The number of nitrogens with zero attached hydrogens (tertiary/aromatic N) is 6. The van der Waals surface area contributed by atoms with Crippen molar-refractivity contribution in [2.45, 2.75) is 6.10 Å². The molecule has 0 saturated heterocycles. The normalized spacial score (nSPS) is 16.5. The predicted octanol–water partition coefficient (Wildman–Crippen LogP) is 1.97. The molecule has 0 saturated carbocycles. The number of azide groups is 1. The number of fused-ring (bicyclic) bond motifs is 1. The van der Waals surface area contributed by atoms with Crippen LogP contribution in [0, 0.1) is 5.92 Å². The molecule has 0 spiro atoms. The van der Waals surface area contributed by atoms with Crippen LogP contribution in [0.4, 0.5) is 10.5 Å². The highest BCUT2D eigenvalue weighted by Gasteiger charge is 2.29. The van der Waals surface area contributed by atoms with Crippen molar-refractivity contribution >= 4 is 41.4 Å². The molecule has 3 rings (SSSR count). The topological polar surface area (TPSA) is 189 Å². The summed E-state index contributed by atoms with van der Waals surface area (Å²) >= 11 is 6.24. The van der Waals surface area contributed by atoms with Crippen molar-refractivity contribution in [1.29, 1.82) is 0 Å². The van der Waals surface area contributed by atoms with Crippen LogP contribution in [0.25, 0.3) is 22.6 Å². The van der Waals surface area contributed by atoms with Gasteiger partial charge in [-0.25, -0.2) is 4.79 Å². The Morgan fingerprint density at radius 1 is 1.33 bits per heavy atom. The third kappa shape index (κ3) is 5.74. The van der Waals surface area contributed by atoms with Gasteiger partial charge in [0, 0.05) is 29.4 Å². The molecule has 170 valence electrons. The molecule has 0 aliphatic heterocycles. The minimum absolute atomic E-state index is 0.262. The lowest BCUT2D eigenvalue weighted by molar-refractivity contribution is -0.123. The van der Waals surface area contributed by atoms with E-state index in [1.807, 2.05) is 0 Å². The monoisotopic (exact) mass is 471 g/mol. The molecule has 0 radical (unpaired) electrons. The summed E-state index contributed by atoms with van der Waals surface area (Å²) in [6, 6.07) is 5.93. The van der Waals surface area contributed by atoms with Crippen LogP contribution in [0.1, 0.15) is 0 Å². The average molecular weight is 472 g/mol. The fourth-order valence-corrected chi connectivity index (χ4v) is 3.22. The van der Waals surface area contributed by atoms with E-state index in [0.29, 0.717) is 27.8 Å². The number of hydrogen-bond acceptors (Lipinski definition) is 7. The third-order valence-electron chi connectivity index (χ3n) is 4.48. The van der Waals surface area contributed by atoms with Crippen LogP contribution in [-0.2, 0) is 9.53 Å². The van der Waals surface area contributed by atoms with Gasteiger partial charge in [0.15, 0.2) is 0 Å². The SMILES string of the molecule is CNC(=O)Nc1ccc(Oc2ccnc3c2=CC(C(=O)N=NN)C(OCN=[N+]=[N-])C=3)cc1Cl. The van der Waals surface area contributed by atoms with Crippen LogP contribution in [0.5, 0.6) is 11.5 Å². The first-order valence-electron chi connectivity index (χ1n) is 9.39. The van der Waals surface area contributed by atoms with Gasteiger partial charge >= 0.3 is 6.03 Å². The second kappa shape index (κ2) is 10.9. The third-order valence-corrected chi connectivity index (χ3v) is 4.79. The first kappa shape index (κ1) is 23.5. The first-order chi connectivity index (χ1) is 16.0. The number of nitrogens with two attached hydrogens (primary N) is 1. The van der Waals surface area contributed by atoms with E-state index in [1.54, 1.807) is 30.4 Å². The number of carbonyl (C=O) groups is 2. The lowest BCUT2D eigenvalue weighted by Crippen LogP contribution is -2.41. The van der Waals surface area contributed by atoms with E-state index in [2.05, 4.69) is 36.0 Å². The molecule has 13 nitrogen and oxygen atoms in total. The van der Waals surface area contributed by atoms with E-state index in [-0.39, 0.29) is 11.8 Å². The molecule has 0 fully saturated rings. The first-order valence-corrected chi connectivity index (χ1v) is 9.76. The van der Waals surface area contributed by atoms with Gasteiger partial charge in [0.25, 0.3) is 5.91 Å². The molecular weight excluding hydrogens is 454 g/mol.